The van der Waals surface area contributed by atoms with Crippen LogP contribution in [0.15, 0.2) is 12.1 Å². The molecule has 0 aliphatic heterocycles. The third-order valence-corrected chi connectivity index (χ3v) is 3.26. The second kappa shape index (κ2) is 9.58. The van der Waals surface area contributed by atoms with Crippen LogP contribution in [0.4, 0.5) is 5.82 Å². The number of nitrogens with zero attached hydrogens (tertiary/aromatic N) is 1. The predicted molar refractivity (Wildman–Crippen MR) is 86.1 cm³/mol. The fraction of sp³-hybridized carbons (Fsp3) is 0.600. The van der Waals surface area contributed by atoms with Crippen LogP contribution in [0.2, 0.25) is 5.02 Å². The second-order valence-electron chi connectivity index (χ2n) is 4.87. The third-order valence-electron chi connectivity index (χ3n) is 2.96. The van der Waals surface area contributed by atoms with E-state index in [1.165, 1.54) is 0 Å². The van der Waals surface area contributed by atoms with Gasteiger partial charge < -0.3 is 15.4 Å². The van der Waals surface area contributed by atoms with E-state index in [4.69, 9.17) is 16.3 Å². The summed E-state index contributed by atoms with van der Waals surface area (Å²) in [7, 11) is 1.62. The van der Waals surface area contributed by atoms with Crippen LogP contribution in [0.1, 0.15) is 43.6 Å². The molecule has 1 aromatic rings. The molecule has 0 radical (unpaired) electrons. The van der Waals surface area contributed by atoms with Crippen molar-refractivity contribution in [2.24, 2.45) is 0 Å². The molecule has 118 valence electrons. The minimum absolute atomic E-state index is 0.0300. The SMILES string of the molecule is CCCNc1ccc(Cl)c(C(=O)NC(CCC)COC)n1. The first-order valence-electron chi connectivity index (χ1n) is 7.32. The molecule has 0 bridgehead atoms. The van der Waals surface area contributed by atoms with Crippen molar-refractivity contribution in [1.82, 2.24) is 10.3 Å². The van der Waals surface area contributed by atoms with Gasteiger partial charge in [0.15, 0.2) is 0 Å². The summed E-state index contributed by atoms with van der Waals surface area (Å²) in [5.41, 5.74) is 0.245. The van der Waals surface area contributed by atoms with Crippen LogP contribution in [0.25, 0.3) is 0 Å². The van der Waals surface area contributed by atoms with E-state index in [-0.39, 0.29) is 17.6 Å². The van der Waals surface area contributed by atoms with Crippen LogP contribution in [-0.2, 0) is 4.74 Å². The summed E-state index contributed by atoms with van der Waals surface area (Å²) in [5.74, 6) is 0.390. The Kier molecular flexibility index (Phi) is 8.08. The third kappa shape index (κ3) is 5.89. The number of methoxy groups -OCH3 is 1. The van der Waals surface area contributed by atoms with Crippen molar-refractivity contribution in [2.45, 2.75) is 39.2 Å². The van der Waals surface area contributed by atoms with Gasteiger partial charge in [-0.15, -0.1) is 0 Å². The smallest absolute Gasteiger partial charge is 0.271 e. The van der Waals surface area contributed by atoms with E-state index in [0.717, 1.165) is 25.8 Å². The first-order valence-corrected chi connectivity index (χ1v) is 7.70. The van der Waals surface area contributed by atoms with Gasteiger partial charge >= 0.3 is 0 Å². The van der Waals surface area contributed by atoms with Crippen molar-refractivity contribution in [1.29, 1.82) is 0 Å². The molecule has 0 aromatic carbocycles. The van der Waals surface area contributed by atoms with Crippen molar-refractivity contribution >= 4 is 23.3 Å². The predicted octanol–water partition coefficient (Wildman–Crippen LogP) is 3.10. The maximum absolute atomic E-state index is 12.3. The molecule has 6 heteroatoms. The molecule has 0 aliphatic carbocycles. The topological polar surface area (TPSA) is 63.2 Å². The molecule has 1 aromatic heterocycles. The molecule has 1 rings (SSSR count). The minimum Gasteiger partial charge on any atom is -0.383 e. The standard InChI is InChI=1S/C15H24ClN3O2/c1-4-6-11(10-21-3)18-15(20)14-12(16)7-8-13(19-14)17-9-5-2/h7-8,11H,4-6,9-10H2,1-3H3,(H,17,19)(H,18,20). The lowest BCUT2D eigenvalue weighted by atomic mass is 10.1. The number of hydrogen-bond donors (Lipinski definition) is 2. The zero-order valence-electron chi connectivity index (χ0n) is 12.9. The largest absolute Gasteiger partial charge is 0.383 e. The Morgan fingerprint density at radius 1 is 1.38 bits per heavy atom. The summed E-state index contributed by atoms with van der Waals surface area (Å²) in [6.45, 7) is 5.41. The number of pyridine rings is 1. The quantitative estimate of drug-likeness (QED) is 0.735. The molecule has 1 heterocycles. The van der Waals surface area contributed by atoms with Crippen LogP contribution >= 0.6 is 11.6 Å². The average molecular weight is 314 g/mol. The van der Waals surface area contributed by atoms with Crippen molar-refractivity contribution in [2.75, 3.05) is 25.6 Å². The number of rotatable bonds is 9. The fourth-order valence-electron chi connectivity index (χ4n) is 1.95. The number of nitrogens with one attached hydrogen (secondary N) is 2. The van der Waals surface area contributed by atoms with E-state index in [2.05, 4.69) is 29.5 Å². The normalized spacial score (nSPS) is 12.0. The number of ether oxygens (including phenoxy) is 1. The summed E-state index contributed by atoms with van der Waals surface area (Å²) in [4.78, 5) is 16.6. The first kappa shape index (κ1) is 17.7. The van der Waals surface area contributed by atoms with Crippen LogP contribution in [-0.4, -0.2) is 37.2 Å². The highest BCUT2D eigenvalue weighted by Gasteiger charge is 2.17. The van der Waals surface area contributed by atoms with Crippen LogP contribution in [0.3, 0.4) is 0 Å². The molecule has 0 aliphatic rings. The van der Waals surface area contributed by atoms with Crippen molar-refractivity contribution in [3.63, 3.8) is 0 Å². The summed E-state index contributed by atoms with van der Waals surface area (Å²) in [6.07, 6.45) is 2.80. The number of carbonyl (C=O) groups is 1. The number of halogens is 1. The van der Waals surface area contributed by atoms with E-state index in [1.807, 2.05) is 0 Å². The minimum atomic E-state index is -0.268. The van der Waals surface area contributed by atoms with Crippen LogP contribution in [0, 0.1) is 0 Å². The van der Waals surface area contributed by atoms with Crippen LogP contribution < -0.4 is 10.6 Å². The lowest BCUT2D eigenvalue weighted by Gasteiger charge is -2.17. The molecule has 1 atom stereocenters. The summed E-state index contributed by atoms with van der Waals surface area (Å²) >= 11 is 6.08. The highest BCUT2D eigenvalue weighted by molar-refractivity contribution is 6.33. The van der Waals surface area contributed by atoms with Gasteiger partial charge in [-0.1, -0.05) is 31.9 Å². The van der Waals surface area contributed by atoms with Gasteiger partial charge in [-0.2, -0.15) is 0 Å². The van der Waals surface area contributed by atoms with Gasteiger partial charge in [0.25, 0.3) is 5.91 Å². The van der Waals surface area contributed by atoms with Gasteiger partial charge in [0.2, 0.25) is 0 Å². The molecular weight excluding hydrogens is 290 g/mol. The Morgan fingerprint density at radius 2 is 2.14 bits per heavy atom. The Bertz CT molecular complexity index is 449. The molecule has 0 saturated heterocycles. The maximum Gasteiger partial charge on any atom is 0.271 e. The number of aromatic nitrogens is 1. The highest BCUT2D eigenvalue weighted by Crippen LogP contribution is 2.17. The Balaban J connectivity index is 2.79. The average Bonchev–Trinajstić information content (AvgIpc) is 2.46. The Morgan fingerprint density at radius 3 is 2.76 bits per heavy atom. The Labute approximate surface area is 131 Å². The lowest BCUT2D eigenvalue weighted by Crippen LogP contribution is -2.38. The zero-order chi connectivity index (χ0) is 15.7. The highest BCUT2D eigenvalue weighted by atomic mass is 35.5. The van der Waals surface area contributed by atoms with Crippen molar-refractivity contribution in [3.05, 3.63) is 22.8 Å². The summed E-state index contributed by atoms with van der Waals surface area (Å²) < 4.78 is 5.12. The molecule has 0 saturated carbocycles. The van der Waals surface area contributed by atoms with Gasteiger partial charge in [-0.05, 0) is 25.0 Å². The zero-order valence-corrected chi connectivity index (χ0v) is 13.7. The van der Waals surface area contributed by atoms with Crippen molar-refractivity contribution in [3.8, 4) is 0 Å². The van der Waals surface area contributed by atoms with E-state index < -0.39 is 0 Å². The lowest BCUT2D eigenvalue weighted by molar-refractivity contribution is 0.0887. The van der Waals surface area contributed by atoms with E-state index >= 15 is 0 Å². The second-order valence-corrected chi connectivity index (χ2v) is 5.28. The Hall–Kier alpha value is -1.33. The molecule has 0 fully saturated rings. The maximum atomic E-state index is 12.3. The summed E-state index contributed by atoms with van der Waals surface area (Å²) in [6, 6.07) is 3.43. The van der Waals surface area contributed by atoms with Gasteiger partial charge in [-0.3, -0.25) is 4.79 Å². The molecular formula is C15H24ClN3O2. The summed E-state index contributed by atoms with van der Waals surface area (Å²) in [5, 5.41) is 6.42. The molecule has 1 unspecified atom stereocenters. The van der Waals surface area contributed by atoms with Gasteiger partial charge in [0.1, 0.15) is 11.5 Å². The van der Waals surface area contributed by atoms with Crippen molar-refractivity contribution < 1.29 is 9.53 Å². The molecule has 2 N–H and O–H groups in total. The van der Waals surface area contributed by atoms with E-state index in [0.29, 0.717) is 17.4 Å². The molecule has 5 nitrogen and oxygen atoms in total. The molecule has 0 spiro atoms. The number of amides is 1. The van der Waals surface area contributed by atoms with E-state index in [1.54, 1.807) is 19.2 Å². The van der Waals surface area contributed by atoms with E-state index in [9.17, 15) is 4.79 Å². The van der Waals surface area contributed by atoms with Gasteiger partial charge in [0.05, 0.1) is 17.7 Å². The van der Waals surface area contributed by atoms with Crippen LogP contribution in [0.5, 0.6) is 0 Å². The number of anilines is 1. The van der Waals surface area contributed by atoms with Gasteiger partial charge in [0, 0.05) is 13.7 Å². The monoisotopic (exact) mass is 313 g/mol. The first-order chi connectivity index (χ1) is 10.1. The molecule has 1 amide bonds. The molecule has 21 heavy (non-hydrogen) atoms. The fourth-order valence-corrected chi connectivity index (χ4v) is 2.14. The number of carbonyl (C=O) groups excluding carboxylic acids is 1. The number of hydrogen-bond acceptors (Lipinski definition) is 4. The van der Waals surface area contributed by atoms with Gasteiger partial charge in [-0.25, -0.2) is 4.98 Å².